The molecule has 6 rings (SSSR count). The molecular formula is C32H22I2N2O5S2. The van der Waals surface area contributed by atoms with E-state index in [1.54, 1.807) is 35.6 Å². The summed E-state index contributed by atoms with van der Waals surface area (Å²) < 4.78 is 32.9. The van der Waals surface area contributed by atoms with Gasteiger partial charge < -0.3 is 0 Å². The lowest BCUT2D eigenvalue weighted by Gasteiger charge is -2.14. The van der Waals surface area contributed by atoms with E-state index in [1.165, 1.54) is 12.1 Å². The molecular weight excluding hydrogens is 810 g/mol. The predicted octanol–water partition coefficient (Wildman–Crippen LogP) is 9.66. The first-order chi connectivity index (χ1) is 20.5. The topological polar surface area (TPSA) is 110 Å². The van der Waals surface area contributed by atoms with Gasteiger partial charge in [0.15, 0.2) is 0 Å². The zero-order chi connectivity index (χ0) is 30.7. The molecule has 1 heterocycles. The van der Waals surface area contributed by atoms with Gasteiger partial charge in [0, 0.05) is 36.0 Å². The molecule has 5 aromatic carbocycles. The lowest BCUT2D eigenvalue weighted by molar-refractivity contribution is -0.384. The van der Waals surface area contributed by atoms with Gasteiger partial charge in [0.25, 0.3) is 15.8 Å². The van der Waals surface area contributed by atoms with Gasteiger partial charge in [0.2, 0.25) is 0 Å². The Hall–Kier alpha value is -3.24. The monoisotopic (exact) mass is 832 g/mol. The Bertz CT molecular complexity index is 2050. The van der Waals surface area contributed by atoms with Crippen LogP contribution < -0.4 is 0 Å². The van der Waals surface area contributed by atoms with E-state index in [1.807, 2.05) is 43.3 Å². The summed E-state index contributed by atoms with van der Waals surface area (Å²) in [5.74, 6) is 0. The number of aryl methyl sites for hydroxylation is 1. The van der Waals surface area contributed by atoms with Crippen LogP contribution in [0.5, 0.6) is 0 Å². The van der Waals surface area contributed by atoms with Crippen molar-refractivity contribution >= 4 is 82.5 Å². The van der Waals surface area contributed by atoms with Gasteiger partial charge >= 0.3 is 0 Å². The molecule has 0 aliphatic heterocycles. The van der Waals surface area contributed by atoms with Crippen LogP contribution in [-0.2, 0) is 10.1 Å². The third-order valence-electron chi connectivity index (χ3n) is 6.50. The maximum Gasteiger partial charge on any atom is 0.294 e. The molecule has 1 N–H and O–H groups in total. The third kappa shape index (κ3) is 7.12. The van der Waals surface area contributed by atoms with E-state index < -0.39 is 10.1 Å². The lowest BCUT2D eigenvalue weighted by atomic mass is 9.94. The second-order valence-electron chi connectivity index (χ2n) is 9.41. The van der Waals surface area contributed by atoms with E-state index in [2.05, 4.69) is 81.6 Å². The van der Waals surface area contributed by atoms with E-state index >= 15 is 0 Å². The van der Waals surface area contributed by atoms with Crippen molar-refractivity contribution in [2.45, 2.75) is 11.8 Å². The van der Waals surface area contributed by atoms with Crippen LogP contribution in [0.4, 0.5) is 5.69 Å². The zero-order valence-electron chi connectivity index (χ0n) is 22.4. The van der Waals surface area contributed by atoms with Crippen molar-refractivity contribution in [3.8, 4) is 32.8 Å². The van der Waals surface area contributed by atoms with E-state index in [0.717, 1.165) is 55.7 Å². The molecule has 0 bridgehead atoms. The van der Waals surface area contributed by atoms with E-state index in [4.69, 9.17) is 9.54 Å². The van der Waals surface area contributed by atoms with Gasteiger partial charge in [-0.15, -0.1) is 11.3 Å². The lowest BCUT2D eigenvalue weighted by Crippen LogP contribution is -1.96. The number of rotatable bonds is 5. The number of nitro benzene ring substituents is 1. The second-order valence-corrected chi connectivity index (χ2v) is 14.2. The number of halogens is 2. The van der Waals surface area contributed by atoms with Crippen LogP contribution in [0, 0.1) is 24.2 Å². The van der Waals surface area contributed by atoms with Crippen molar-refractivity contribution in [1.82, 2.24) is 4.98 Å². The number of aromatic nitrogens is 1. The Morgan fingerprint density at radius 1 is 0.767 bits per heavy atom. The molecule has 0 radical (unpaired) electrons. The molecule has 43 heavy (non-hydrogen) atoms. The first-order valence-corrected chi connectivity index (χ1v) is 17.2. The predicted molar refractivity (Wildman–Crippen MR) is 189 cm³/mol. The highest BCUT2D eigenvalue weighted by Gasteiger charge is 2.20. The number of non-ortho nitro benzene ring substituents is 1. The minimum absolute atomic E-state index is 0.0666. The van der Waals surface area contributed by atoms with Gasteiger partial charge in [-0.05, 0) is 106 Å². The minimum atomic E-state index is -4.02. The molecule has 0 aliphatic rings. The van der Waals surface area contributed by atoms with E-state index in [0.29, 0.717) is 0 Å². The Morgan fingerprint density at radius 2 is 1.42 bits per heavy atom. The Morgan fingerprint density at radius 3 is 2.05 bits per heavy atom. The molecule has 0 amide bonds. The summed E-state index contributed by atoms with van der Waals surface area (Å²) in [6.07, 6.45) is 0. The number of nitrogens with zero attached hydrogens (tertiary/aromatic N) is 2. The van der Waals surface area contributed by atoms with Crippen LogP contribution in [0.3, 0.4) is 0 Å². The van der Waals surface area contributed by atoms with Crippen molar-refractivity contribution in [3.63, 3.8) is 0 Å². The largest absolute Gasteiger partial charge is 0.294 e. The van der Waals surface area contributed by atoms with Crippen LogP contribution in [0.15, 0.2) is 114 Å². The summed E-state index contributed by atoms with van der Waals surface area (Å²) in [6, 6.07) is 33.4. The van der Waals surface area contributed by atoms with Gasteiger partial charge in [-0.25, -0.2) is 4.98 Å². The number of hydrogen-bond acceptors (Lipinski definition) is 6. The quantitative estimate of drug-likeness (QED) is 0.0802. The fourth-order valence-electron chi connectivity index (χ4n) is 4.40. The van der Waals surface area contributed by atoms with Gasteiger partial charge in [-0.2, -0.15) is 8.42 Å². The third-order valence-corrected chi connectivity index (χ3v) is 10.2. The smallest absolute Gasteiger partial charge is 0.282 e. The molecule has 0 aliphatic carbocycles. The Kier molecular flexibility index (Phi) is 9.56. The molecule has 0 saturated heterocycles. The highest BCUT2D eigenvalue weighted by Crippen LogP contribution is 2.43. The number of benzene rings is 5. The minimum Gasteiger partial charge on any atom is -0.282 e. The van der Waals surface area contributed by atoms with Crippen LogP contribution in [0.25, 0.3) is 43.0 Å². The van der Waals surface area contributed by atoms with Crippen molar-refractivity contribution in [1.29, 1.82) is 0 Å². The van der Waals surface area contributed by atoms with Crippen LogP contribution >= 0.6 is 56.5 Å². The van der Waals surface area contributed by atoms with Gasteiger partial charge in [-0.1, -0.05) is 60.2 Å². The molecule has 0 saturated carbocycles. The number of nitro groups is 1. The summed E-state index contributed by atoms with van der Waals surface area (Å²) in [7, 11) is -4.02. The van der Waals surface area contributed by atoms with Crippen molar-refractivity contribution in [2.24, 2.45) is 0 Å². The molecule has 11 heteroatoms. The van der Waals surface area contributed by atoms with Crippen LogP contribution in [-0.4, -0.2) is 22.9 Å². The van der Waals surface area contributed by atoms with E-state index in [9.17, 15) is 18.5 Å². The Balaban J connectivity index is 0.000000283. The number of fused-ring (bicyclic) bond motifs is 1. The normalized spacial score (nSPS) is 11.2. The second kappa shape index (κ2) is 13.2. The van der Waals surface area contributed by atoms with Gasteiger partial charge in [0.05, 0.1) is 20.0 Å². The molecule has 6 aromatic rings. The van der Waals surface area contributed by atoms with Crippen LogP contribution in [0.1, 0.15) is 5.56 Å². The summed E-state index contributed by atoms with van der Waals surface area (Å²) in [6.45, 7) is 1.84. The molecule has 0 fully saturated rings. The maximum absolute atomic E-state index is 11.1. The molecule has 7 nitrogen and oxygen atoms in total. The summed E-state index contributed by atoms with van der Waals surface area (Å²) >= 11 is 6.43. The fourth-order valence-corrected chi connectivity index (χ4v) is 7.34. The van der Waals surface area contributed by atoms with Crippen molar-refractivity contribution in [2.75, 3.05) is 0 Å². The first-order valence-electron chi connectivity index (χ1n) is 12.8. The average molecular weight is 832 g/mol. The average Bonchev–Trinajstić information content (AvgIpc) is 3.43. The van der Waals surface area contributed by atoms with Crippen molar-refractivity contribution in [3.05, 3.63) is 132 Å². The SMILES string of the molecule is Cc1ccc(S(=O)(=O)O)cc1.O=[N+]([O-])c1ccc(-c2cccc(I)c2-c2c(I)ccc3sc(-c4ccccc4)nc23)cc1. The maximum atomic E-state index is 11.1. The Labute approximate surface area is 279 Å². The molecule has 0 spiro atoms. The van der Waals surface area contributed by atoms with E-state index in [-0.39, 0.29) is 15.5 Å². The number of hydrogen-bond donors (Lipinski definition) is 1. The number of thiazole rings is 1. The molecule has 216 valence electrons. The summed E-state index contributed by atoms with van der Waals surface area (Å²) in [5, 5.41) is 12.1. The molecule has 0 unspecified atom stereocenters. The standard InChI is InChI=1S/C25H14I2N2O2S.C7H8O3S/c26-19-8-4-7-18(15-9-11-17(12-10-15)29(30)31)22(19)23-20(27)13-14-21-24(23)28-25(32-21)16-5-2-1-3-6-16;1-6-2-4-7(5-3-6)11(8,9)10/h1-14H;2-5H,1H3,(H,8,9,10). The van der Waals surface area contributed by atoms with Gasteiger partial charge in [0.1, 0.15) is 5.01 Å². The highest BCUT2D eigenvalue weighted by molar-refractivity contribution is 14.1. The fraction of sp³-hybridized carbons (Fsp3) is 0.0312. The molecule has 0 atom stereocenters. The van der Waals surface area contributed by atoms with Gasteiger partial charge in [-0.3, -0.25) is 14.7 Å². The van der Waals surface area contributed by atoms with Crippen LogP contribution in [0.2, 0.25) is 0 Å². The summed E-state index contributed by atoms with van der Waals surface area (Å²) in [5.41, 5.74) is 7.30. The van der Waals surface area contributed by atoms with Crippen molar-refractivity contribution < 1.29 is 17.9 Å². The first kappa shape index (κ1) is 31.2. The summed E-state index contributed by atoms with van der Waals surface area (Å²) in [4.78, 5) is 15.7. The highest BCUT2D eigenvalue weighted by atomic mass is 127. The molecule has 1 aromatic heterocycles. The zero-order valence-corrected chi connectivity index (χ0v) is 28.4.